The van der Waals surface area contributed by atoms with Crippen LogP contribution in [0.5, 0.6) is 17.2 Å². The number of rotatable bonds is 7. The molecule has 2 aliphatic rings. The van der Waals surface area contributed by atoms with E-state index >= 15 is 0 Å². The molecule has 0 N–H and O–H groups in total. The van der Waals surface area contributed by atoms with Gasteiger partial charge in [0.2, 0.25) is 6.79 Å². The molecule has 1 aromatic heterocycles. The SMILES string of the molecule is COc1ccccc1-c1nc2cc(Cl)ccc2cc1CN(Cc1ccc2c(c1)OCO2)C(=O)C1CCCO1. The van der Waals surface area contributed by atoms with Crippen molar-refractivity contribution >= 4 is 28.4 Å². The Labute approximate surface area is 225 Å². The number of ether oxygens (including phenoxy) is 4. The molecule has 0 spiro atoms. The van der Waals surface area contributed by atoms with E-state index in [0.717, 1.165) is 39.7 Å². The molecule has 1 saturated heterocycles. The van der Waals surface area contributed by atoms with E-state index < -0.39 is 6.10 Å². The van der Waals surface area contributed by atoms with Gasteiger partial charge in [-0.25, -0.2) is 4.98 Å². The van der Waals surface area contributed by atoms with E-state index in [1.807, 2.05) is 65.6 Å². The average molecular weight is 531 g/mol. The Morgan fingerprint density at radius 3 is 2.76 bits per heavy atom. The maximum absolute atomic E-state index is 13.7. The fourth-order valence-electron chi connectivity index (χ4n) is 5.03. The van der Waals surface area contributed by atoms with Crippen molar-refractivity contribution in [1.29, 1.82) is 0 Å². The van der Waals surface area contributed by atoms with E-state index in [4.69, 9.17) is 35.5 Å². The summed E-state index contributed by atoms with van der Waals surface area (Å²) in [6, 6.07) is 21.3. The Kier molecular flexibility index (Phi) is 6.79. The summed E-state index contributed by atoms with van der Waals surface area (Å²) in [7, 11) is 1.64. The fraction of sp³-hybridized carbons (Fsp3) is 0.267. The minimum Gasteiger partial charge on any atom is -0.496 e. The summed E-state index contributed by atoms with van der Waals surface area (Å²) in [6.45, 7) is 1.52. The highest BCUT2D eigenvalue weighted by atomic mass is 35.5. The molecule has 3 heterocycles. The molecule has 38 heavy (non-hydrogen) atoms. The first-order valence-electron chi connectivity index (χ1n) is 12.6. The second-order valence-electron chi connectivity index (χ2n) is 9.42. The summed E-state index contributed by atoms with van der Waals surface area (Å²) in [5.74, 6) is 2.06. The van der Waals surface area contributed by atoms with Crippen LogP contribution in [-0.4, -0.2) is 42.4 Å². The molecular weight excluding hydrogens is 504 g/mol. The third kappa shape index (κ3) is 4.87. The van der Waals surface area contributed by atoms with Gasteiger partial charge in [-0.3, -0.25) is 4.79 Å². The van der Waals surface area contributed by atoms with Crippen LogP contribution in [0.15, 0.2) is 66.7 Å². The number of pyridine rings is 1. The number of carbonyl (C=O) groups is 1. The molecule has 2 aliphatic heterocycles. The summed E-state index contributed by atoms with van der Waals surface area (Å²) in [5, 5.41) is 1.55. The monoisotopic (exact) mass is 530 g/mol. The summed E-state index contributed by atoms with van der Waals surface area (Å²) in [4.78, 5) is 20.6. The van der Waals surface area contributed by atoms with Crippen molar-refractivity contribution < 1.29 is 23.7 Å². The normalized spacial score (nSPS) is 16.1. The van der Waals surface area contributed by atoms with E-state index in [2.05, 4.69) is 6.07 Å². The zero-order valence-electron chi connectivity index (χ0n) is 21.0. The third-order valence-electron chi connectivity index (χ3n) is 6.91. The molecule has 0 saturated carbocycles. The van der Waals surface area contributed by atoms with Gasteiger partial charge in [-0.15, -0.1) is 0 Å². The number of carbonyl (C=O) groups excluding carboxylic acids is 1. The molecule has 0 bridgehead atoms. The van der Waals surface area contributed by atoms with Crippen molar-refractivity contribution in [2.24, 2.45) is 0 Å². The minimum absolute atomic E-state index is 0.0395. The Morgan fingerprint density at radius 2 is 1.92 bits per heavy atom. The predicted molar refractivity (Wildman–Crippen MR) is 145 cm³/mol. The highest BCUT2D eigenvalue weighted by Crippen LogP contribution is 2.36. The number of halogens is 1. The van der Waals surface area contributed by atoms with Crippen LogP contribution in [0.25, 0.3) is 22.2 Å². The Hall–Kier alpha value is -3.81. The summed E-state index contributed by atoms with van der Waals surface area (Å²) >= 11 is 6.29. The Bertz CT molecular complexity index is 1500. The average Bonchev–Trinajstić information content (AvgIpc) is 3.64. The fourth-order valence-corrected chi connectivity index (χ4v) is 5.20. The number of amides is 1. The lowest BCUT2D eigenvalue weighted by Gasteiger charge is -2.27. The van der Waals surface area contributed by atoms with Crippen molar-refractivity contribution in [3.05, 3.63) is 82.9 Å². The van der Waals surface area contributed by atoms with E-state index in [1.54, 1.807) is 7.11 Å². The van der Waals surface area contributed by atoms with Crippen molar-refractivity contribution in [2.45, 2.75) is 32.0 Å². The first kappa shape index (κ1) is 24.5. The molecule has 6 rings (SSSR count). The van der Waals surface area contributed by atoms with Crippen LogP contribution < -0.4 is 14.2 Å². The van der Waals surface area contributed by atoms with Gasteiger partial charge in [-0.1, -0.05) is 35.9 Å². The first-order valence-corrected chi connectivity index (χ1v) is 13.0. The number of fused-ring (bicyclic) bond motifs is 2. The second-order valence-corrected chi connectivity index (χ2v) is 9.85. The number of hydrogen-bond donors (Lipinski definition) is 0. The standard InChI is InChI=1S/C30H27ClN2O5/c1-35-25-6-3-2-5-23(25)29-21(14-20-9-10-22(31)15-24(20)32-29)17-33(30(34)27-7-4-12-36-27)16-19-8-11-26-28(13-19)38-18-37-26/h2-3,5-6,8-11,13-15,27H,4,7,12,16-18H2,1H3. The zero-order chi connectivity index (χ0) is 26.1. The molecule has 8 heteroatoms. The number of benzene rings is 3. The highest BCUT2D eigenvalue weighted by Gasteiger charge is 2.30. The van der Waals surface area contributed by atoms with Crippen molar-refractivity contribution in [1.82, 2.24) is 9.88 Å². The molecule has 0 aliphatic carbocycles. The lowest BCUT2D eigenvalue weighted by atomic mass is 10.0. The maximum atomic E-state index is 13.7. The highest BCUT2D eigenvalue weighted by molar-refractivity contribution is 6.31. The van der Waals surface area contributed by atoms with E-state index in [1.165, 1.54) is 0 Å². The van der Waals surface area contributed by atoms with Crippen molar-refractivity contribution in [3.8, 4) is 28.5 Å². The molecule has 1 fully saturated rings. The van der Waals surface area contributed by atoms with E-state index in [0.29, 0.717) is 48.4 Å². The quantitative estimate of drug-likeness (QED) is 0.292. The smallest absolute Gasteiger partial charge is 0.252 e. The zero-order valence-corrected chi connectivity index (χ0v) is 21.7. The Morgan fingerprint density at radius 1 is 1.05 bits per heavy atom. The van der Waals surface area contributed by atoms with Gasteiger partial charge in [-0.2, -0.15) is 0 Å². The summed E-state index contributed by atoms with van der Waals surface area (Å²) in [6.07, 6.45) is 1.13. The number of para-hydroxylation sites is 1. The van der Waals surface area contributed by atoms with Crippen molar-refractivity contribution in [3.63, 3.8) is 0 Å². The van der Waals surface area contributed by atoms with Gasteiger partial charge in [0.05, 0.1) is 18.3 Å². The number of aromatic nitrogens is 1. The topological polar surface area (TPSA) is 70.1 Å². The Balaban J connectivity index is 1.43. The minimum atomic E-state index is -0.453. The predicted octanol–water partition coefficient (Wildman–Crippen LogP) is 6.00. The van der Waals surface area contributed by atoms with Gasteiger partial charge < -0.3 is 23.8 Å². The molecule has 0 radical (unpaired) electrons. The summed E-state index contributed by atoms with van der Waals surface area (Å²) < 4.78 is 22.5. The van der Waals surface area contributed by atoms with E-state index in [-0.39, 0.29) is 12.7 Å². The number of methoxy groups -OCH3 is 1. The molecule has 1 atom stereocenters. The van der Waals surface area contributed by atoms with Crippen LogP contribution in [0.4, 0.5) is 0 Å². The van der Waals surface area contributed by atoms with Crippen LogP contribution in [0.3, 0.4) is 0 Å². The molecular formula is C30H27ClN2O5. The molecule has 1 unspecified atom stereocenters. The van der Waals surface area contributed by atoms with Gasteiger partial charge >= 0.3 is 0 Å². The lowest BCUT2D eigenvalue weighted by molar-refractivity contribution is -0.142. The molecule has 7 nitrogen and oxygen atoms in total. The maximum Gasteiger partial charge on any atom is 0.252 e. The molecule has 3 aromatic carbocycles. The third-order valence-corrected chi connectivity index (χ3v) is 7.14. The lowest BCUT2D eigenvalue weighted by Crippen LogP contribution is -2.38. The molecule has 4 aromatic rings. The number of nitrogens with zero attached hydrogens (tertiary/aromatic N) is 2. The molecule has 1 amide bonds. The van der Waals surface area contributed by atoms with Gasteiger partial charge in [0.25, 0.3) is 5.91 Å². The van der Waals surface area contributed by atoms with Gasteiger partial charge in [0.1, 0.15) is 11.9 Å². The number of hydrogen-bond acceptors (Lipinski definition) is 6. The largest absolute Gasteiger partial charge is 0.496 e. The van der Waals surface area contributed by atoms with Gasteiger partial charge in [0.15, 0.2) is 11.5 Å². The first-order chi connectivity index (χ1) is 18.6. The van der Waals surface area contributed by atoms with Crippen LogP contribution in [-0.2, 0) is 22.6 Å². The van der Waals surface area contributed by atoms with Crippen molar-refractivity contribution in [2.75, 3.05) is 20.5 Å². The molecule has 194 valence electrons. The van der Waals surface area contributed by atoms with Crippen LogP contribution in [0.2, 0.25) is 5.02 Å². The van der Waals surface area contributed by atoms with E-state index in [9.17, 15) is 4.79 Å². The van der Waals surface area contributed by atoms with Gasteiger partial charge in [0, 0.05) is 35.7 Å². The van der Waals surface area contributed by atoms with Crippen LogP contribution in [0.1, 0.15) is 24.0 Å². The summed E-state index contributed by atoms with van der Waals surface area (Å²) in [5.41, 5.74) is 4.21. The van der Waals surface area contributed by atoms with Gasteiger partial charge in [-0.05, 0) is 66.4 Å². The second kappa shape index (κ2) is 10.5. The van der Waals surface area contributed by atoms with Crippen LogP contribution >= 0.6 is 11.6 Å². The van der Waals surface area contributed by atoms with Crippen LogP contribution in [0, 0.1) is 0 Å².